The molecule has 0 spiro atoms. The standard InChI is InChI=1S/C25H27NO4/c1-28-23-15-19(16-24(17-23)29-2)10-14-22-6-4-5-21(26-22)13-9-18-7-11-20(12-8-18)25(27)30-3/h4-8,11-12,15-17H,9-10,13-14H2,1-3H3. The van der Waals surface area contributed by atoms with E-state index in [4.69, 9.17) is 19.2 Å². The van der Waals surface area contributed by atoms with E-state index < -0.39 is 0 Å². The second-order valence-corrected chi connectivity index (χ2v) is 7.03. The number of carbonyl (C=O) groups is 1. The summed E-state index contributed by atoms with van der Waals surface area (Å²) in [5.74, 6) is 1.28. The van der Waals surface area contributed by atoms with E-state index >= 15 is 0 Å². The van der Waals surface area contributed by atoms with Gasteiger partial charge in [-0.3, -0.25) is 4.98 Å². The van der Waals surface area contributed by atoms with Crippen LogP contribution in [0, 0.1) is 0 Å². The first-order chi connectivity index (χ1) is 14.6. The van der Waals surface area contributed by atoms with Crippen molar-refractivity contribution in [3.63, 3.8) is 0 Å². The Morgan fingerprint density at radius 3 is 1.83 bits per heavy atom. The zero-order valence-corrected chi connectivity index (χ0v) is 17.7. The van der Waals surface area contributed by atoms with Crippen molar-refractivity contribution in [2.45, 2.75) is 25.7 Å². The lowest BCUT2D eigenvalue weighted by Crippen LogP contribution is -2.02. The summed E-state index contributed by atoms with van der Waals surface area (Å²) in [6.45, 7) is 0. The Morgan fingerprint density at radius 1 is 0.733 bits per heavy atom. The van der Waals surface area contributed by atoms with E-state index in [-0.39, 0.29) is 5.97 Å². The van der Waals surface area contributed by atoms with Gasteiger partial charge in [0.05, 0.1) is 26.9 Å². The third kappa shape index (κ3) is 5.83. The molecule has 0 N–H and O–H groups in total. The minimum absolute atomic E-state index is 0.315. The van der Waals surface area contributed by atoms with Gasteiger partial charge < -0.3 is 14.2 Å². The van der Waals surface area contributed by atoms with Crippen LogP contribution in [0.3, 0.4) is 0 Å². The molecule has 0 fully saturated rings. The first kappa shape index (κ1) is 21.4. The van der Waals surface area contributed by atoms with Crippen LogP contribution in [-0.2, 0) is 30.4 Å². The molecular weight excluding hydrogens is 378 g/mol. The summed E-state index contributed by atoms with van der Waals surface area (Å²) >= 11 is 0. The molecule has 0 saturated heterocycles. The number of hydrogen-bond acceptors (Lipinski definition) is 5. The first-order valence-corrected chi connectivity index (χ1v) is 9.95. The molecule has 0 atom stereocenters. The number of hydrogen-bond donors (Lipinski definition) is 0. The van der Waals surface area contributed by atoms with Gasteiger partial charge in [-0.25, -0.2) is 4.79 Å². The van der Waals surface area contributed by atoms with Crippen molar-refractivity contribution in [3.05, 3.63) is 88.7 Å². The molecule has 3 rings (SSSR count). The minimum Gasteiger partial charge on any atom is -0.497 e. The molecule has 3 aromatic rings. The fraction of sp³-hybridized carbons (Fsp3) is 0.280. The van der Waals surface area contributed by atoms with Gasteiger partial charge in [-0.1, -0.05) is 18.2 Å². The number of nitrogens with zero attached hydrogens (tertiary/aromatic N) is 1. The third-order valence-electron chi connectivity index (χ3n) is 4.99. The Balaban J connectivity index is 1.59. The summed E-state index contributed by atoms with van der Waals surface area (Å²) in [7, 11) is 4.71. The zero-order valence-electron chi connectivity index (χ0n) is 17.7. The lowest BCUT2D eigenvalue weighted by atomic mass is 10.0. The topological polar surface area (TPSA) is 57.7 Å². The first-order valence-electron chi connectivity index (χ1n) is 9.95. The summed E-state index contributed by atoms with van der Waals surface area (Å²) in [6.07, 6.45) is 3.42. The maximum atomic E-state index is 11.5. The fourth-order valence-corrected chi connectivity index (χ4v) is 3.29. The van der Waals surface area contributed by atoms with Crippen LogP contribution in [0.5, 0.6) is 11.5 Å². The lowest BCUT2D eigenvalue weighted by molar-refractivity contribution is 0.0600. The molecule has 0 aliphatic heterocycles. The van der Waals surface area contributed by atoms with Crippen LogP contribution in [0.15, 0.2) is 60.7 Å². The van der Waals surface area contributed by atoms with Crippen LogP contribution in [0.4, 0.5) is 0 Å². The maximum absolute atomic E-state index is 11.5. The Kier molecular flexibility index (Phi) is 7.44. The summed E-state index contributed by atoms with van der Waals surface area (Å²) in [4.78, 5) is 16.3. The third-order valence-corrected chi connectivity index (χ3v) is 4.99. The van der Waals surface area contributed by atoms with Gasteiger partial charge in [0.2, 0.25) is 0 Å². The van der Waals surface area contributed by atoms with Crippen molar-refractivity contribution in [3.8, 4) is 11.5 Å². The SMILES string of the molecule is COC(=O)c1ccc(CCc2cccc(CCc3cc(OC)cc(OC)c3)n2)cc1. The Bertz CT molecular complexity index is 960. The van der Waals surface area contributed by atoms with Crippen LogP contribution in [0.1, 0.15) is 32.9 Å². The Morgan fingerprint density at radius 2 is 1.30 bits per heavy atom. The molecule has 156 valence electrons. The Hall–Kier alpha value is -3.34. The van der Waals surface area contributed by atoms with E-state index in [0.717, 1.165) is 54.1 Å². The van der Waals surface area contributed by atoms with Crippen molar-refractivity contribution < 1.29 is 19.0 Å². The number of ether oxygens (including phenoxy) is 3. The largest absolute Gasteiger partial charge is 0.497 e. The van der Waals surface area contributed by atoms with Crippen LogP contribution >= 0.6 is 0 Å². The molecule has 0 aliphatic carbocycles. The molecule has 0 radical (unpaired) electrons. The second-order valence-electron chi connectivity index (χ2n) is 7.03. The smallest absolute Gasteiger partial charge is 0.337 e. The van der Waals surface area contributed by atoms with Gasteiger partial charge in [-0.05, 0) is 73.2 Å². The number of rotatable bonds is 9. The second kappa shape index (κ2) is 10.4. The number of pyridine rings is 1. The number of methoxy groups -OCH3 is 3. The van der Waals surface area contributed by atoms with E-state index in [1.165, 1.54) is 12.7 Å². The van der Waals surface area contributed by atoms with E-state index in [0.29, 0.717) is 5.56 Å². The van der Waals surface area contributed by atoms with Crippen LogP contribution < -0.4 is 9.47 Å². The normalized spacial score (nSPS) is 10.5. The summed E-state index contributed by atoms with van der Waals surface area (Å²) in [5, 5.41) is 0. The molecule has 5 heteroatoms. The van der Waals surface area contributed by atoms with Crippen molar-refractivity contribution in [2.75, 3.05) is 21.3 Å². The van der Waals surface area contributed by atoms with Crippen molar-refractivity contribution in [1.29, 1.82) is 0 Å². The van der Waals surface area contributed by atoms with E-state index in [1.54, 1.807) is 26.4 Å². The fourth-order valence-electron chi connectivity index (χ4n) is 3.29. The van der Waals surface area contributed by atoms with Crippen molar-refractivity contribution >= 4 is 5.97 Å². The number of benzene rings is 2. The molecule has 30 heavy (non-hydrogen) atoms. The summed E-state index contributed by atoms with van der Waals surface area (Å²) in [5.41, 5.74) is 5.01. The van der Waals surface area contributed by atoms with Gasteiger partial charge in [0, 0.05) is 17.5 Å². The van der Waals surface area contributed by atoms with E-state index in [2.05, 4.69) is 18.2 Å². The predicted octanol–water partition coefficient (Wildman–Crippen LogP) is 4.46. The van der Waals surface area contributed by atoms with Crippen molar-refractivity contribution in [2.24, 2.45) is 0 Å². The van der Waals surface area contributed by atoms with Gasteiger partial charge in [-0.2, -0.15) is 0 Å². The molecule has 0 amide bonds. The molecule has 5 nitrogen and oxygen atoms in total. The molecule has 2 aromatic carbocycles. The Labute approximate surface area is 177 Å². The van der Waals surface area contributed by atoms with Gasteiger partial charge >= 0.3 is 5.97 Å². The average molecular weight is 405 g/mol. The highest BCUT2D eigenvalue weighted by Gasteiger charge is 2.06. The maximum Gasteiger partial charge on any atom is 0.337 e. The van der Waals surface area contributed by atoms with Gasteiger partial charge in [-0.15, -0.1) is 0 Å². The number of aryl methyl sites for hydroxylation is 4. The van der Waals surface area contributed by atoms with Gasteiger partial charge in [0.15, 0.2) is 0 Å². The molecule has 1 heterocycles. The molecule has 1 aromatic heterocycles. The molecular formula is C25H27NO4. The van der Waals surface area contributed by atoms with Gasteiger partial charge in [0.1, 0.15) is 11.5 Å². The monoisotopic (exact) mass is 405 g/mol. The summed E-state index contributed by atoms with van der Waals surface area (Å²) < 4.78 is 15.4. The molecule has 0 bridgehead atoms. The van der Waals surface area contributed by atoms with Crippen LogP contribution in [-0.4, -0.2) is 32.3 Å². The minimum atomic E-state index is -0.315. The number of esters is 1. The van der Waals surface area contributed by atoms with E-state index in [9.17, 15) is 4.79 Å². The molecule has 0 unspecified atom stereocenters. The quantitative estimate of drug-likeness (QED) is 0.492. The highest BCUT2D eigenvalue weighted by atomic mass is 16.5. The van der Waals surface area contributed by atoms with Crippen LogP contribution in [0.25, 0.3) is 0 Å². The molecule has 0 saturated carbocycles. The average Bonchev–Trinajstić information content (AvgIpc) is 2.81. The lowest BCUT2D eigenvalue weighted by Gasteiger charge is -2.09. The number of carbonyl (C=O) groups excluding carboxylic acids is 1. The number of aromatic nitrogens is 1. The van der Waals surface area contributed by atoms with E-state index in [1.807, 2.05) is 30.3 Å². The summed E-state index contributed by atoms with van der Waals surface area (Å²) in [6, 6.07) is 19.6. The zero-order chi connectivity index (χ0) is 21.3. The highest BCUT2D eigenvalue weighted by molar-refractivity contribution is 5.89. The molecule has 0 aliphatic rings. The predicted molar refractivity (Wildman–Crippen MR) is 116 cm³/mol. The highest BCUT2D eigenvalue weighted by Crippen LogP contribution is 2.23. The van der Waals surface area contributed by atoms with Gasteiger partial charge in [0.25, 0.3) is 0 Å². The van der Waals surface area contributed by atoms with Crippen molar-refractivity contribution in [1.82, 2.24) is 4.98 Å². The van der Waals surface area contributed by atoms with Crippen LogP contribution in [0.2, 0.25) is 0 Å².